The quantitative estimate of drug-likeness (QED) is 0.219. The fraction of sp³-hybridized carbons (Fsp3) is 0.914. The van der Waals surface area contributed by atoms with Crippen molar-refractivity contribution in [2.24, 2.45) is 57.8 Å². The van der Waals surface area contributed by atoms with E-state index >= 15 is 0 Å². The zero-order valence-corrected chi connectivity index (χ0v) is 27.5. The third kappa shape index (κ3) is 6.44. The average Bonchev–Trinajstić information content (AvgIpc) is 3.57. The summed E-state index contributed by atoms with van der Waals surface area (Å²) in [5.41, 5.74) is 12.4. The Bertz CT molecular complexity index is 1060. The van der Waals surface area contributed by atoms with Crippen LogP contribution in [0.5, 0.6) is 0 Å². The van der Waals surface area contributed by atoms with Crippen molar-refractivity contribution in [1.29, 1.82) is 0 Å². The number of carbonyl (C=O) groups is 3. The van der Waals surface area contributed by atoms with E-state index in [1.165, 1.54) is 49.8 Å². The number of likely N-dealkylation sites (tertiary alicyclic amines) is 1. The maximum atomic E-state index is 13.1. The molecule has 12 atom stereocenters. The van der Waals surface area contributed by atoms with E-state index in [2.05, 4.69) is 26.1 Å². The Morgan fingerprint density at radius 1 is 0.955 bits per heavy atom. The second-order valence-corrected chi connectivity index (χ2v) is 16.1. The van der Waals surface area contributed by atoms with Crippen LogP contribution in [0.2, 0.25) is 0 Å². The molecule has 4 aliphatic carbocycles. The Labute approximate surface area is 264 Å². The fourth-order valence-corrected chi connectivity index (χ4v) is 11.3. The zero-order valence-electron chi connectivity index (χ0n) is 27.5. The highest BCUT2D eigenvalue weighted by molar-refractivity contribution is 5.88. The van der Waals surface area contributed by atoms with Gasteiger partial charge in [0.25, 0.3) is 0 Å². The van der Waals surface area contributed by atoms with E-state index in [1.54, 1.807) is 0 Å². The smallest absolute Gasteiger partial charge is 0.326 e. The fourth-order valence-electron chi connectivity index (χ4n) is 11.3. The molecule has 1 heterocycles. The minimum atomic E-state index is -1.06. The molecule has 0 radical (unpaired) electrons. The number of hydrogen-bond donors (Lipinski definition) is 5. The molecule has 2 amide bonds. The van der Waals surface area contributed by atoms with Crippen LogP contribution < -0.4 is 16.8 Å². The summed E-state index contributed by atoms with van der Waals surface area (Å²) in [6.45, 7) is 8.15. The van der Waals surface area contributed by atoms with Crippen LogP contribution in [0.15, 0.2) is 0 Å². The van der Waals surface area contributed by atoms with Crippen LogP contribution in [-0.4, -0.2) is 70.2 Å². The van der Waals surface area contributed by atoms with Gasteiger partial charge in [-0.25, -0.2) is 4.79 Å². The number of carboxylic acid groups (broad SMARTS) is 1. The minimum Gasteiger partial charge on any atom is -0.480 e. The van der Waals surface area contributed by atoms with Crippen LogP contribution in [0.25, 0.3) is 0 Å². The predicted molar refractivity (Wildman–Crippen MR) is 170 cm³/mol. The van der Waals surface area contributed by atoms with Gasteiger partial charge in [-0.2, -0.15) is 0 Å². The summed E-state index contributed by atoms with van der Waals surface area (Å²) in [6.07, 6.45) is 14.2. The molecule has 5 rings (SSSR count). The Morgan fingerprint density at radius 3 is 2.41 bits per heavy atom. The van der Waals surface area contributed by atoms with Crippen LogP contribution in [-0.2, 0) is 14.4 Å². The molecule has 5 aliphatic rings. The molecule has 9 nitrogen and oxygen atoms in total. The van der Waals surface area contributed by atoms with E-state index in [4.69, 9.17) is 11.5 Å². The van der Waals surface area contributed by atoms with Crippen molar-refractivity contribution in [3.63, 3.8) is 0 Å². The molecule has 250 valence electrons. The highest BCUT2D eigenvalue weighted by Crippen LogP contribution is 2.68. The van der Waals surface area contributed by atoms with Gasteiger partial charge in [-0.15, -0.1) is 0 Å². The number of unbranched alkanes of at least 4 members (excludes halogenated alkanes) is 1. The molecule has 0 aromatic carbocycles. The standard InChI is InChI=1S/C35H60N4O5/c1-21(7-12-31(41)38-23-19-30(33(43)44)39(20-23)32(42)29(37)6-4-5-17-36)26-10-11-27-25-9-8-22-18-24(40)13-15-34(22,2)28(25)14-16-35(26,27)3/h21-30,40H,4-20,36-37H2,1-3H3,(H,38,41)(H,43,44)/t21-,22?,23+,24-,25?,26-,27?,28?,29?,30+,34+,35-/m1/s1. The second kappa shape index (κ2) is 13.6. The molecule has 0 bridgehead atoms. The number of nitrogens with zero attached hydrogens (tertiary/aromatic N) is 1. The lowest BCUT2D eigenvalue weighted by Gasteiger charge is -2.61. The first-order valence-corrected chi connectivity index (χ1v) is 17.8. The van der Waals surface area contributed by atoms with Crippen LogP contribution in [0.4, 0.5) is 0 Å². The first-order chi connectivity index (χ1) is 20.9. The molecule has 1 aliphatic heterocycles. The van der Waals surface area contributed by atoms with Crippen molar-refractivity contribution in [2.75, 3.05) is 13.1 Å². The number of nitrogens with two attached hydrogens (primary N) is 2. The molecule has 0 spiro atoms. The maximum absolute atomic E-state index is 13.1. The zero-order chi connectivity index (χ0) is 31.8. The summed E-state index contributed by atoms with van der Waals surface area (Å²) in [7, 11) is 0. The van der Waals surface area contributed by atoms with Gasteiger partial charge in [0.05, 0.1) is 12.1 Å². The van der Waals surface area contributed by atoms with Crippen LogP contribution >= 0.6 is 0 Å². The Kier molecular flexibility index (Phi) is 10.4. The lowest BCUT2D eigenvalue weighted by atomic mass is 9.44. The number of carbonyl (C=O) groups excluding carboxylic acids is 2. The number of fused-ring (bicyclic) bond motifs is 5. The van der Waals surface area contributed by atoms with Gasteiger partial charge in [0.2, 0.25) is 11.8 Å². The number of nitrogens with one attached hydrogen (secondary N) is 1. The number of carboxylic acids is 1. The minimum absolute atomic E-state index is 0.0540. The highest BCUT2D eigenvalue weighted by atomic mass is 16.4. The normalized spacial score (nSPS) is 41.3. The molecule has 44 heavy (non-hydrogen) atoms. The molecule has 4 saturated carbocycles. The second-order valence-electron chi connectivity index (χ2n) is 16.1. The Hall–Kier alpha value is -1.71. The molecule has 7 N–H and O–H groups in total. The number of aliphatic carboxylic acids is 1. The van der Waals surface area contributed by atoms with Crippen LogP contribution in [0, 0.1) is 46.3 Å². The van der Waals surface area contributed by atoms with Gasteiger partial charge in [0.15, 0.2) is 0 Å². The Balaban J connectivity index is 1.13. The SMILES string of the molecule is C[C@H](CCC(=O)N[C@H]1C[C@@H](C(=O)O)N(C(=O)C(N)CCCCN)C1)[C@H]1CCC2C3CCC4C[C@H](O)CC[C@]4(C)C3CC[C@@]21C. The van der Waals surface area contributed by atoms with E-state index in [9.17, 15) is 24.6 Å². The van der Waals surface area contributed by atoms with E-state index in [1.807, 2.05) is 0 Å². The molecular formula is C35H60N4O5. The van der Waals surface area contributed by atoms with Gasteiger partial charge in [-0.3, -0.25) is 9.59 Å². The highest BCUT2D eigenvalue weighted by Gasteiger charge is 2.60. The number of hydrogen-bond acceptors (Lipinski definition) is 6. The predicted octanol–water partition coefficient (Wildman–Crippen LogP) is 4.05. The maximum Gasteiger partial charge on any atom is 0.326 e. The lowest BCUT2D eigenvalue weighted by molar-refractivity contribution is -0.148. The third-order valence-electron chi connectivity index (χ3n) is 13.7. The monoisotopic (exact) mass is 616 g/mol. The van der Waals surface area contributed by atoms with Gasteiger partial charge in [-0.05, 0) is 130 Å². The molecule has 0 aromatic rings. The summed E-state index contributed by atoms with van der Waals surface area (Å²) in [4.78, 5) is 39.4. The van der Waals surface area contributed by atoms with E-state index in [0.29, 0.717) is 48.0 Å². The third-order valence-corrected chi connectivity index (χ3v) is 13.7. The van der Waals surface area contributed by atoms with E-state index in [0.717, 1.165) is 49.9 Å². The Morgan fingerprint density at radius 2 is 1.68 bits per heavy atom. The van der Waals surface area contributed by atoms with E-state index < -0.39 is 18.1 Å². The lowest BCUT2D eigenvalue weighted by Crippen LogP contribution is -2.54. The van der Waals surface area contributed by atoms with Crippen molar-refractivity contribution in [3.8, 4) is 0 Å². The van der Waals surface area contributed by atoms with Crippen molar-refractivity contribution in [3.05, 3.63) is 0 Å². The first-order valence-electron chi connectivity index (χ1n) is 17.8. The van der Waals surface area contributed by atoms with Gasteiger partial charge in [0, 0.05) is 25.4 Å². The first kappa shape index (κ1) is 33.6. The summed E-state index contributed by atoms with van der Waals surface area (Å²) < 4.78 is 0. The van der Waals surface area contributed by atoms with Crippen LogP contribution in [0.1, 0.15) is 117 Å². The molecule has 5 fully saturated rings. The topological polar surface area (TPSA) is 159 Å². The van der Waals surface area contributed by atoms with Gasteiger partial charge in [-0.1, -0.05) is 27.2 Å². The largest absolute Gasteiger partial charge is 0.480 e. The van der Waals surface area contributed by atoms with Crippen molar-refractivity contribution >= 4 is 17.8 Å². The summed E-state index contributed by atoms with van der Waals surface area (Å²) in [5, 5.41) is 23.2. The summed E-state index contributed by atoms with van der Waals surface area (Å²) in [6, 6.07) is -2.09. The molecule has 5 unspecified atom stereocenters. The average molecular weight is 617 g/mol. The number of aliphatic hydroxyl groups excluding tert-OH is 1. The molecule has 0 aromatic heterocycles. The molecule has 1 saturated heterocycles. The molecular weight excluding hydrogens is 556 g/mol. The van der Waals surface area contributed by atoms with Crippen molar-refractivity contribution < 1.29 is 24.6 Å². The van der Waals surface area contributed by atoms with Gasteiger partial charge in [0.1, 0.15) is 6.04 Å². The summed E-state index contributed by atoms with van der Waals surface area (Å²) >= 11 is 0. The number of aliphatic hydroxyl groups is 1. The molecule has 9 heteroatoms. The summed E-state index contributed by atoms with van der Waals surface area (Å²) in [5.74, 6) is 2.64. The van der Waals surface area contributed by atoms with E-state index in [-0.39, 0.29) is 36.9 Å². The van der Waals surface area contributed by atoms with Crippen molar-refractivity contribution in [2.45, 2.75) is 141 Å². The van der Waals surface area contributed by atoms with Crippen molar-refractivity contribution in [1.82, 2.24) is 10.2 Å². The van der Waals surface area contributed by atoms with Gasteiger partial charge < -0.3 is 31.9 Å². The van der Waals surface area contributed by atoms with Gasteiger partial charge >= 0.3 is 5.97 Å². The number of amides is 2. The number of rotatable bonds is 11. The van der Waals surface area contributed by atoms with Crippen LogP contribution in [0.3, 0.4) is 0 Å².